The Morgan fingerprint density at radius 1 is 1.24 bits per heavy atom. The molecule has 29 heavy (non-hydrogen) atoms. The number of nitrogens with zero attached hydrogens (tertiary/aromatic N) is 2. The molecule has 0 atom stereocenters. The number of unbranched alkanes of at least 4 members (excludes halogenated alkanes) is 3. The van der Waals surface area contributed by atoms with Gasteiger partial charge in [-0.15, -0.1) is 0 Å². The van der Waals surface area contributed by atoms with Gasteiger partial charge in [-0.25, -0.2) is 4.79 Å². The first kappa shape index (κ1) is 22.5. The number of amides is 3. The first-order chi connectivity index (χ1) is 14.0. The monoisotopic (exact) mass is 403 g/mol. The molecule has 160 valence electrons. The van der Waals surface area contributed by atoms with Crippen molar-refractivity contribution in [3.05, 3.63) is 29.3 Å². The maximum atomic E-state index is 11.6. The second-order valence-corrected chi connectivity index (χ2v) is 7.08. The van der Waals surface area contributed by atoms with Crippen LogP contribution in [0.25, 0.3) is 0 Å². The average Bonchev–Trinajstić information content (AvgIpc) is 3.03. The summed E-state index contributed by atoms with van der Waals surface area (Å²) in [4.78, 5) is 28.6. The Bertz CT molecular complexity index is 704. The molecule has 0 radical (unpaired) electrons. The number of ether oxygens (including phenoxy) is 1. The Labute approximate surface area is 173 Å². The number of rotatable bonds is 11. The van der Waals surface area contributed by atoms with Gasteiger partial charge in [0, 0.05) is 32.2 Å². The maximum absolute atomic E-state index is 11.6. The summed E-state index contributed by atoms with van der Waals surface area (Å²) in [5, 5.41) is 8.89. The number of aryl methyl sites for hydroxylation is 1. The lowest BCUT2D eigenvalue weighted by atomic mass is 10.1. The second-order valence-electron chi connectivity index (χ2n) is 7.08. The van der Waals surface area contributed by atoms with Gasteiger partial charge in [0.1, 0.15) is 5.75 Å². The minimum Gasteiger partial charge on any atom is -0.493 e. The summed E-state index contributed by atoms with van der Waals surface area (Å²) >= 11 is 0. The second kappa shape index (κ2) is 11.9. The summed E-state index contributed by atoms with van der Waals surface area (Å²) in [5.41, 5.74) is 2.22. The van der Waals surface area contributed by atoms with Gasteiger partial charge in [-0.3, -0.25) is 14.7 Å². The summed E-state index contributed by atoms with van der Waals surface area (Å²) in [5.74, 6) is 1.29. The highest BCUT2D eigenvalue weighted by molar-refractivity contribution is 6.01. The predicted molar refractivity (Wildman–Crippen MR) is 114 cm³/mol. The molecule has 2 rings (SSSR count). The normalized spacial score (nSPS) is 14.2. The zero-order valence-electron chi connectivity index (χ0n) is 17.7. The van der Waals surface area contributed by atoms with Crippen molar-refractivity contribution in [3.63, 3.8) is 0 Å². The van der Waals surface area contributed by atoms with Crippen LogP contribution >= 0.6 is 0 Å². The van der Waals surface area contributed by atoms with Gasteiger partial charge in [-0.05, 0) is 25.0 Å². The fourth-order valence-corrected chi connectivity index (χ4v) is 3.02. The molecule has 0 aliphatic carbocycles. The van der Waals surface area contributed by atoms with Gasteiger partial charge in [-0.2, -0.15) is 0 Å². The zero-order valence-corrected chi connectivity index (χ0v) is 17.7. The number of urea groups is 1. The molecule has 1 heterocycles. The van der Waals surface area contributed by atoms with Crippen molar-refractivity contribution in [1.82, 2.24) is 20.9 Å². The SMILES string of the molecule is CCCCCCOc1cc(C)ccc1CNC(=NC)NCCN1C(=O)CNC1=O. The van der Waals surface area contributed by atoms with Crippen LogP contribution in [0.1, 0.15) is 43.7 Å². The third-order valence-corrected chi connectivity index (χ3v) is 4.71. The molecule has 1 aliphatic heterocycles. The van der Waals surface area contributed by atoms with E-state index in [1.807, 2.05) is 0 Å². The van der Waals surface area contributed by atoms with Crippen LogP contribution in [0.3, 0.4) is 0 Å². The molecule has 3 amide bonds. The lowest BCUT2D eigenvalue weighted by Gasteiger charge is -2.17. The maximum Gasteiger partial charge on any atom is 0.324 e. The molecule has 1 saturated heterocycles. The highest BCUT2D eigenvalue weighted by Gasteiger charge is 2.27. The van der Waals surface area contributed by atoms with E-state index in [0.29, 0.717) is 25.6 Å². The largest absolute Gasteiger partial charge is 0.493 e. The summed E-state index contributed by atoms with van der Waals surface area (Å²) in [6.45, 7) is 6.32. The number of hydrogen-bond acceptors (Lipinski definition) is 4. The number of aliphatic imine (C=N–C) groups is 1. The van der Waals surface area contributed by atoms with Gasteiger partial charge in [0.25, 0.3) is 0 Å². The van der Waals surface area contributed by atoms with Crippen LogP contribution in [0.5, 0.6) is 5.75 Å². The summed E-state index contributed by atoms with van der Waals surface area (Å²) in [6, 6.07) is 5.84. The van der Waals surface area contributed by atoms with E-state index < -0.39 is 0 Å². The Morgan fingerprint density at radius 3 is 2.76 bits per heavy atom. The molecule has 0 spiro atoms. The van der Waals surface area contributed by atoms with E-state index in [1.165, 1.54) is 24.2 Å². The number of guanidine groups is 1. The molecule has 0 saturated carbocycles. The zero-order chi connectivity index (χ0) is 21.1. The van der Waals surface area contributed by atoms with E-state index in [0.717, 1.165) is 29.9 Å². The molecule has 1 aromatic carbocycles. The molecule has 1 aromatic rings. The minimum absolute atomic E-state index is 0.0699. The van der Waals surface area contributed by atoms with Crippen LogP contribution in [-0.4, -0.2) is 56.1 Å². The van der Waals surface area contributed by atoms with E-state index in [-0.39, 0.29) is 18.5 Å². The van der Waals surface area contributed by atoms with Crippen LogP contribution in [-0.2, 0) is 11.3 Å². The van der Waals surface area contributed by atoms with Crippen molar-refractivity contribution in [2.45, 2.75) is 46.1 Å². The predicted octanol–water partition coefficient (Wildman–Crippen LogP) is 2.17. The molecule has 0 aromatic heterocycles. The van der Waals surface area contributed by atoms with Crippen molar-refractivity contribution in [1.29, 1.82) is 0 Å². The van der Waals surface area contributed by atoms with E-state index >= 15 is 0 Å². The first-order valence-corrected chi connectivity index (χ1v) is 10.3. The van der Waals surface area contributed by atoms with Crippen LogP contribution in [0, 0.1) is 6.92 Å². The summed E-state index contributed by atoms with van der Waals surface area (Å²) < 4.78 is 6.01. The van der Waals surface area contributed by atoms with Crippen LogP contribution < -0.4 is 20.7 Å². The van der Waals surface area contributed by atoms with Gasteiger partial charge in [0.05, 0.1) is 13.2 Å². The topological polar surface area (TPSA) is 95.1 Å². The Balaban J connectivity index is 1.81. The van der Waals surface area contributed by atoms with Gasteiger partial charge in [0.2, 0.25) is 5.91 Å². The molecule has 1 fully saturated rings. The van der Waals surface area contributed by atoms with Gasteiger partial charge in [-0.1, -0.05) is 38.3 Å². The standard InChI is InChI=1S/C21H33N5O3/c1-4-5-6-7-12-29-18-13-16(2)8-9-17(18)14-24-20(22-3)23-10-11-26-19(27)15-25-21(26)28/h8-9,13H,4-7,10-12,14-15H2,1-3H3,(H,25,28)(H2,22,23,24). The highest BCUT2D eigenvalue weighted by Crippen LogP contribution is 2.20. The Hall–Kier alpha value is -2.77. The van der Waals surface area contributed by atoms with Crippen LogP contribution in [0.15, 0.2) is 23.2 Å². The summed E-state index contributed by atoms with van der Waals surface area (Å²) in [6.07, 6.45) is 4.69. The van der Waals surface area contributed by atoms with Crippen molar-refractivity contribution in [3.8, 4) is 5.75 Å². The number of benzene rings is 1. The number of hydrogen-bond donors (Lipinski definition) is 3. The van der Waals surface area contributed by atoms with Crippen molar-refractivity contribution >= 4 is 17.9 Å². The third kappa shape index (κ3) is 7.29. The lowest BCUT2D eigenvalue weighted by Crippen LogP contribution is -2.43. The van der Waals surface area contributed by atoms with Crippen LogP contribution in [0.4, 0.5) is 4.79 Å². The number of imide groups is 1. The molecule has 8 heteroatoms. The van der Waals surface area contributed by atoms with Crippen molar-refractivity contribution < 1.29 is 14.3 Å². The van der Waals surface area contributed by atoms with Gasteiger partial charge in [0.15, 0.2) is 5.96 Å². The van der Waals surface area contributed by atoms with Crippen LogP contribution in [0.2, 0.25) is 0 Å². The first-order valence-electron chi connectivity index (χ1n) is 10.3. The number of nitrogens with one attached hydrogen (secondary N) is 3. The van der Waals surface area contributed by atoms with Gasteiger partial charge >= 0.3 is 6.03 Å². The molecular formula is C21H33N5O3. The minimum atomic E-state index is -0.347. The highest BCUT2D eigenvalue weighted by atomic mass is 16.5. The smallest absolute Gasteiger partial charge is 0.324 e. The number of carbonyl (C=O) groups excluding carboxylic acids is 2. The molecule has 1 aliphatic rings. The fourth-order valence-electron chi connectivity index (χ4n) is 3.02. The Morgan fingerprint density at radius 2 is 2.07 bits per heavy atom. The third-order valence-electron chi connectivity index (χ3n) is 4.71. The average molecular weight is 404 g/mol. The van der Waals surface area contributed by atoms with E-state index in [4.69, 9.17) is 4.74 Å². The quantitative estimate of drug-likeness (QED) is 0.228. The number of carbonyl (C=O) groups is 2. The Kier molecular flexibility index (Phi) is 9.27. The van der Waals surface area contributed by atoms with Crippen molar-refractivity contribution in [2.75, 3.05) is 33.3 Å². The van der Waals surface area contributed by atoms with E-state index in [1.54, 1.807) is 7.05 Å². The fraction of sp³-hybridized carbons (Fsp3) is 0.571. The van der Waals surface area contributed by atoms with E-state index in [2.05, 4.69) is 53.0 Å². The molecule has 3 N–H and O–H groups in total. The molecule has 0 unspecified atom stereocenters. The molecular weight excluding hydrogens is 370 g/mol. The van der Waals surface area contributed by atoms with Gasteiger partial charge < -0.3 is 20.7 Å². The lowest BCUT2D eigenvalue weighted by molar-refractivity contribution is -0.124. The molecule has 0 bridgehead atoms. The molecule has 8 nitrogen and oxygen atoms in total. The van der Waals surface area contributed by atoms with Crippen molar-refractivity contribution in [2.24, 2.45) is 4.99 Å². The summed E-state index contributed by atoms with van der Waals surface area (Å²) in [7, 11) is 1.68. The van der Waals surface area contributed by atoms with E-state index in [9.17, 15) is 9.59 Å².